The number of nitrogens with two attached hydrogens (primary N) is 1. The highest BCUT2D eigenvalue weighted by atomic mass is 35.5. The Bertz CT molecular complexity index is 1070. The number of nitrogen functional groups attached to an aromatic ring is 1. The lowest BCUT2D eigenvalue weighted by Crippen LogP contribution is -2.44. The second kappa shape index (κ2) is 6.38. The Morgan fingerprint density at radius 1 is 1.18 bits per heavy atom. The summed E-state index contributed by atoms with van der Waals surface area (Å²) in [6.45, 7) is 2.38. The highest BCUT2D eigenvalue weighted by Crippen LogP contribution is 2.43. The van der Waals surface area contributed by atoms with Crippen LogP contribution in [0.15, 0.2) is 30.6 Å². The van der Waals surface area contributed by atoms with E-state index >= 15 is 0 Å². The fraction of sp³-hybridized carbons (Fsp3) is 0.350. The minimum Gasteiger partial charge on any atom is -0.382 e. The SMILES string of the molecule is Nc1n[nH]c2cc(-c3cncc(Cl)c3N3CCC4(CCNC4=O)CC3)ccc12. The zero-order valence-corrected chi connectivity index (χ0v) is 16.1. The van der Waals surface area contributed by atoms with Crippen molar-refractivity contribution in [1.82, 2.24) is 20.5 Å². The molecule has 2 fully saturated rings. The molecule has 2 aromatic heterocycles. The number of rotatable bonds is 2. The van der Waals surface area contributed by atoms with Crippen molar-refractivity contribution >= 4 is 39.9 Å². The summed E-state index contributed by atoms with van der Waals surface area (Å²) in [7, 11) is 0. The molecule has 1 amide bonds. The van der Waals surface area contributed by atoms with Gasteiger partial charge in [-0.1, -0.05) is 17.7 Å². The van der Waals surface area contributed by atoms with E-state index in [1.807, 2.05) is 24.4 Å². The van der Waals surface area contributed by atoms with Crippen molar-refractivity contribution in [2.24, 2.45) is 5.41 Å². The van der Waals surface area contributed by atoms with E-state index in [9.17, 15) is 4.79 Å². The summed E-state index contributed by atoms with van der Waals surface area (Å²) < 4.78 is 0. The molecule has 8 heteroatoms. The number of H-pyrrole nitrogens is 1. The van der Waals surface area contributed by atoms with Gasteiger partial charge in [0.05, 0.1) is 21.6 Å². The van der Waals surface area contributed by atoms with E-state index in [1.54, 1.807) is 6.20 Å². The maximum Gasteiger partial charge on any atom is 0.226 e. The first-order valence-electron chi connectivity index (χ1n) is 9.48. The second-order valence-corrected chi connectivity index (χ2v) is 8.07. The van der Waals surface area contributed by atoms with Gasteiger partial charge in [0.2, 0.25) is 5.91 Å². The smallest absolute Gasteiger partial charge is 0.226 e. The highest BCUT2D eigenvalue weighted by molar-refractivity contribution is 6.33. The van der Waals surface area contributed by atoms with Crippen LogP contribution in [0.1, 0.15) is 19.3 Å². The molecule has 5 rings (SSSR count). The Labute approximate surface area is 167 Å². The molecule has 7 nitrogen and oxygen atoms in total. The largest absolute Gasteiger partial charge is 0.382 e. The fourth-order valence-electron chi connectivity index (χ4n) is 4.52. The summed E-state index contributed by atoms with van der Waals surface area (Å²) >= 11 is 6.59. The number of carbonyl (C=O) groups is 1. The Kier molecular flexibility index (Phi) is 3.94. The number of benzene rings is 1. The van der Waals surface area contributed by atoms with E-state index in [-0.39, 0.29) is 11.3 Å². The third kappa shape index (κ3) is 2.61. The standard InChI is InChI=1S/C20H21ClN6O/c21-15-11-23-10-14(12-1-2-13-16(9-12)25-26-18(13)22)17(15)27-7-4-20(5-8-27)3-6-24-19(20)28/h1-2,9-11H,3-8H2,(H,24,28)(H3,22,25,26). The molecule has 0 aliphatic carbocycles. The molecule has 0 bridgehead atoms. The van der Waals surface area contributed by atoms with Crippen molar-refractivity contribution in [2.75, 3.05) is 30.3 Å². The minimum absolute atomic E-state index is 0.204. The molecular weight excluding hydrogens is 376 g/mol. The van der Waals surface area contributed by atoms with Crippen LogP contribution in [0.2, 0.25) is 5.02 Å². The number of nitrogens with one attached hydrogen (secondary N) is 2. The van der Waals surface area contributed by atoms with Gasteiger partial charge in [-0.2, -0.15) is 5.10 Å². The third-order valence-corrected chi connectivity index (χ3v) is 6.46. The number of nitrogens with zero attached hydrogens (tertiary/aromatic N) is 3. The zero-order chi connectivity index (χ0) is 19.3. The molecular formula is C20H21ClN6O. The normalized spacial score (nSPS) is 18.8. The Hall–Kier alpha value is -2.80. The van der Waals surface area contributed by atoms with Crippen LogP contribution in [-0.2, 0) is 4.79 Å². The summed E-state index contributed by atoms with van der Waals surface area (Å²) in [5, 5.41) is 11.5. The van der Waals surface area contributed by atoms with E-state index < -0.39 is 0 Å². The number of amides is 1. The summed E-state index contributed by atoms with van der Waals surface area (Å²) in [4.78, 5) is 18.9. The number of carbonyl (C=O) groups excluding carboxylic acids is 1. The predicted octanol–water partition coefficient (Wildman–Crippen LogP) is 2.97. The number of hydrogen-bond acceptors (Lipinski definition) is 5. The quantitative estimate of drug-likeness (QED) is 0.618. The van der Waals surface area contributed by atoms with Crippen molar-refractivity contribution in [2.45, 2.75) is 19.3 Å². The molecule has 4 heterocycles. The lowest BCUT2D eigenvalue weighted by molar-refractivity contribution is -0.128. The zero-order valence-electron chi connectivity index (χ0n) is 15.3. The van der Waals surface area contributed by atoms with Crippen LogP contribution < -0.4 is 16.0 Å². The van der Waals surface area contributed by atoms with Crippen LogP contribution in [-0.4, -0.2) is 40.7 Å². The average molecular weight is 397 g/mol. The van der Waals surface area contributed by atoms with Gasteiger partial charge >= 0.3 is 0 Å². The van der Waals surface area contributed by atoms with E-state index in [0.29, 0.717) is 10.8 Å². The molecule has 2 aliphatic heterocycles. The maximum absolute atomic E-state index is 12.3. The van der Waals surface area contributed by atoms with Gasteiger partial charge in [-0.05, 0) is 37.0 Å². The molecule has 0 unspecified atom stereocenters. The van der Waals surface area contributed by atoms with Gasteiger partial charge in [0.1, 0.15) is 0 Å². The lowest BCUT2D eigenvalue weighted by Gasteiger charge is -2.39. The molecule has 0 saturated carbocycles. The number of fused-ring (bicyclic) bond motifs is 1. The number of piperidine rings is 1. The number of pyridine rings is 1. The molecule has 144 valence electrons. The summed E-state index contributed by atoms with van der Waals surface area (Å²) in [5.74, 6) is 0.692. The number of aromatic amines is 1. The molecule has 1 aromatic carbocycles. The monoisotopic (exact) mass is 396 g/mol. The van der Waals surface area contributed by atoms with Crippen LogP contribution in [0.25, 0.3) is 22.0 Å². The Balaban J connectivity index is 1.51. The average Bonchev–Trinajstić information content (AvgIpc) is 3.25. The first-order chi connectivity index (χ1) is 13.6. The molecule has 3 aromatic rings. The fourth-order valence-corrected chi connectivity index (χ4v) is 4.80. The van der Waals surface area contributed by atoms with Gasteiger partial charge in [-0.15, -0.1) is 0 Å². The van der Waals surface area contributed by atoms with E-state index in [4.69, 9.17) is 17.3 Å². The molecule has 4 N–H and O–H groups in total. The van der Waals surface area contributed by atoms with Crippen LogP contribution in [0.4, 0.5) is 11.5 Å². The number of hydrogen-bond donors (Lipinski definition) is 3. The maximum atomic E-state index is 12.3. The molecule has 28 heavy (non-hydrogen) atoms. The summed E-state index contributed by atoms with van der Waals surface area (Å²) in [5.41, 5.74) is 9.49. The Morgan fingerprint density at radius 3 is 2.75 bits per heavy atom. The lowest BCUT2D eigenvalue weighted by atomic mass is 9.77. The molecule has 0 radical (unpaired) electrons. The minimum atomic E-state index is -0.206. The van der Waals surface area contributed by atoms with Crippen LogP contribution >= 0.6 is 11.6 Å². The van der Waals surface area contributed by atoms with Crippen molar-refractivity contribution in [3.05, 3.63) is 35.6 Å². The van der Waals surface area contributed by atoms with E-state index in [1.165, 1.54) is 0 Å². The number of anilines is 2. The topological polar surface area (TPSA) is 99.9 Å². The predicted molar refractivity (Wildman–Crippen MR) is 110 cm³/mol. The van der Waals surface area contributed by atoms with Crippen LogP contribution in [0.5, 0.6) is 0 Å². The van der Waals surface area contributed by atoms with Crippen molar-refractivity contribution in [3.8, 4) is 11.1 Å². The van der Waals surface area contributed by atoms with Crippen molar-refractivity contribution in [1.29, 1.82) is 0 Å². The first-order valence-corrected chi connectivity index (χ1v) is 9.86. The van der Waals surface area contributed by atoms with E-state index in [2.05, 4.69) is 25.4 Å². The van der Waals surface area contributed by atoms with E-state index in [0.717, 1.165) is 66.6 Å². The molecule has 2 aliphatic rings. The van der Waals surface area contributed by atoms with Crippen LogP contribution in [0.3, 0.4) is 0 Å². The van der Waals surface area contributed by atoms with Gasteiger partial charge < -0.3 is 16.0 Å². The van der Waals surface area contributed by atoms with Crippen molar-refractivity contribution < 1.29 is 4.79 Å². The number of halogens is 1. The van der Waals surface area contributed by atoms with Crippen LogP contribution in [0, 0.1) is 5.41 Å². The van der Waals surface area contributed by atoms with Gasteiger partial charge in [-0.25, -0.2) is 0 Å². The van der Waals surface area contributed by atoms with Gasteiger partial charge in [0.15, 0.2) is 5.82 Å². The summed E-state index contributed by atoms with van der Waals surface area (Å²) in [6.07, 6.45) is 6.13. The molecule has 2 saturated heterocycles. The number of aromatic nitrogens is 3. The Morgan fingerprint density at radius 2 is 2.00 bits per heavy atom. The third-order valence-electron chi connectivity index (χ3n) is 6.18. The molecule has 0 atom stereocenters. The van der Waals surface area contributed by atoms with Crippen molar-refractivity contribution in [3.63, 3.8) is 0 Å². The van der Waals surface area contributed by atoms with Gasteiger partial charge in [-0.3, -0.25) is 14.9 Å². The highest BCUT2D eigenvalue weighted by Gasteiger charge is 2.44. The van der Waals surface area contributed by atoms with Gasteiger partial charge in [0.25, 0.3) is 0 Å². The first kappa shape index (κ1) is 17.3. The summed E-state index contributed by atoms with van der Waals surface area (Å²) in [6, 6.07) is 5.99. The second-order valence-electron chi connectivity index (χ2n) is 7.66. The molecule has 1 spiro atoms. The van der Waals surface area contributed by atoms with Gasteiger partial charge in [0, 0.05) is 43.0 Å².